The Morgan fingerprint density at radius 3 is 1.30 bits per heavy atom. The number of fused-ring (bicyclic) bond motifs is 11. The molecule has 0 saturated carbocycles. The molecule has 2 unspecified atom stereocenters. The van der Waals surface area contributed by atoms with Crippen molar-refractivity contribution in [1.29, 1.82) is 0 Å². The normalized spacial score (nSPS) is 15.0. The molecule has 14 aromatic rings. The smallest absolute Gasteiger partial charge is 0.0629 e. The van der Waals surface area contributed by atoms with Crippen LogP contribution in [0.1, 0.15) is 11.5 Å². The highest BCUT2D eigenvalue weighted by atomic mass is 15.2. The van der Waals surface area contributed by atoms with E-state index in [-0.39, 0.29) is 6.04 Å². The van der Waals surface area contributed by atoms with Gasteiger partial charge in [0.15, 0.2) is 0 Å². The van der Waals surface area contributed by atoms with Crippen LogP contribution < -0.4 is 4.90 Å². The molecule has 2 nitrogen and oxygen atoms in total. The Bertz CT molecular complexity index is 4650. The number of allylic oxidation sites excluding steroid dienone is 2. The van der Waals surface area contributed by atoms with Gasteiger partial charge >= 0.3 is 0 Å². The zero-order valence-corrected chi connectivity index (χ0v) is 41.6. The van der Waals surface area contributed by atoms with Crippen LogP contribution in [0.25, 0.3) is 126 Å². The maximum atomic E-state index is 2.53. The molecule has 1 aromatic heterocycles. The Morgan fingerprint density at radius 1 is 0.276 bits per heavy atom. The quantitative estimate of drug-likeness (QED) is 0.151. The molecule has 2 heterocycles. The monoisotopic (exact) mass is 964 g/mol. The average molecular weight is 965 g/mol. The molecule has 0 radical (unpaired) electrons. The first kappa shape index (κ1) is 42.7. The van der Waals surface area contributed by atoms with Crippen LogP contribution >= 0.6 is 0 Å². The fourth-order valence-electron chi connectivity index (χ4n) is 13.4. The molecule has 1 aliphatic carbocycles. The van der Waals surface area contributed by atoms with Crippen LogP contribution in [0.3, 0.4) is 0 Å². The molecule has 0 saturated heterocycles. The molecule has 76 heavy (non-hydrogen) atoms. The van der Waals surface area contributed by atoms with Gasteiger partial charge in [-0.1, -0.05) is 224 Å². The summed E-state index contributed by atoms with van der Waals surface area (Å²) in [6.07, 6.45) is 9.11. The predicted octanol–water partition coefficient (Wildman–Crippen LogP) is 19.9. The highest BCUT2D eigenvalue weighted by molar-refractivity contribution is 6.25. The van der Waals surface area contributed by atoms with Gasteiger partial charge in [0.1, 0.15) is 0 Å². The van der Waals surface area contributed by atoms with E-state index in [2.05, 4.69) is 289 Å². The molecule has 1 aliphatic heterocycles. The number of para-hydroxylation sites is 3. The maximum Gasteiger partial charge on any atom is 0.0629 e. The number of benzene rings is 13. The molecule has 16 rings (SSSR count). The fourth-order valence-corrected chi connectivity index (χ4v) is 13.4. The molecule has 0 amide bonds. The third-order valence-corrected chi connectivity index (χ3v) is 16.7. The molecule has 0 spiro atoms. The van der Waals surface area contributed by atoms with Gasteiger partial charge in [-0.05, 0) is 159 Å². The lowest BCUT2D eigenvalue weighted by atomic mass is 9.82. The van der Waals surface area contributed by atoms with Gasteiger partial charge in [0.2, 0.25) is 0 Å². The van der Waals surface area contributed by atoms with Crippen molar-refractivity contribution in [3.63, 3.8) is 0 Å². The average Bonchev–Trinajstić information content (AvgIpc) is 4.02. The number of aromatic nitrogens is 1. The second-order valence-electron chi connectivity index (χ2n) is 20.6. The summed E-state index contributed by atoms with van der Waals surface area (Å²) in [5, 5.41) is 14.9. The number of nitrogens with zero attached hydrogens (tertiary/aromatic N) is 2. The van der Waals surface area contributed by atoms with E-state index in [4.69, 9.17) is 0 Å². The minimum absolute atomic E-state index is 0.239. The third-order valence-electron chi connectivity index (χ3n) is 16.7. The molecule has 2 atom stereocenters. The van der Waals surface area contributed by atoms with Gasteiger partial charge in [0, 0.05) is 33.8 Å². The summed E-state index contributed by atoms with van der Waals surface area (Å²) < 4.78 is 2.41. The molecule has 2 aliphatic rings. The summed E-state index contributed by atoms with van der Waals surface area (Å²) in [4.78, 5) is 2.53. The number of hydrogen-bond acceptors (Lipinski definition) is 1. The molecule has 0 N–H and O–H groups in total. The first-order valence-corrected chi connectivity index (χ1v) is 26.6. The van der Waals surface area contributed by atoms with Crippen molar-refractivity contribution in [2.45, 2.75) is 12.0 Å². The van der Waals surface area contributed by atoms with E-state index in [9.17, 15) is 0 Å². The van der Waals surface area contributed by atoms with Crippen LogP contribution in [0.15, 0.2) is 279 Å². The van der Waals surface area contributed by atoms with Gasteiger partial charge < -0.3 is 9.47 Å². The van der Waals surface area contributed by atoms with Gasteiger partial charge in [-0.15, -0.1) is 0 Å². The van der Waals surface area contributed by atoms with E-state index >= 15 is 0 Å². The molecule has 0 fully saturated rings. The number of anilines is 2. The Balaban J connectivity index is 0.929. The van der Waals surface area contributed by atoms with E-state index in [1.54, 1.807) is 0 Å². The molecular weight excluding hydrogens is 917 g/mol. The summed E-state index contributed by atoms with van der Waals surface area (Å²) in [5.41, 5.74) is 17.2. The first-order chi connectivity index (χ1) is 37.7. The van der Waals surface area contributed by atoms with E-state index in [1.165, 1.54) is 137 Å². The Kier molecular flexibility index (Phi) is 9.50. The van der Waals surface area contributed by atoms with E-state index in [1.807, 2.05) is 0 Å². The van der Waals surface area contributed by atoms with Gasteiger partial charge in [0.05, 0.1) is 17.1 Å². The van der Waals surface area contributed by atoms with Crippen molar-refractivity contribution in [1.82, 2.24) is 4.57 Å². The zero-order chi connectivity index (χ0) is 49.8. The highest BCUT2D eigenvalue weighted by Crippen LogP contribution is 2.51. The summed E-state index contributed by atoms with van der Waals surface area (Å²) in [7, 11) is 0. The zero-order valence-electron chi connectivity index (χ0n) is 41.6. The summed E-state index contributed by atoms with van der Waals surface area (Å²) in [6, 6.07) is 95.5. The van der Waals surface area contributed by atoms with E-state index < -0.39 is 0 Å². The summed E-state index contributed by atoms with van der Waals surface area (Å²) in [5.74, 6) is 0.329. The van der Waals surface area contributed by atoms with Gasteiger partial charge in [-0.2, -0.15) is 0 Å². The Hall–Kier alpha value is -9.76. The van der Waals surface area contributed by atoms with Gasteiger partial charge in [0.25, 0.3) is 0 Å². The number of hydrogen-bond donors (Lipinski definition) is 0. The van der Waals surface area contributed by atoms with Crippen molar-refractivity contribution >= 4 is 87.0 Å². The van der Waals surface area contributed by atoms with Crippen LogP contribution in [0, 0.1) is 0 Å². The summed E-state index contributed by atoms with van der Waals surface area (Å²) >= 11 is 0. The SMILES string of the molecule is C1=CC2c3ccccc3N(c3ccc(-c4c5ccccc5c(-c5ccc(-n6c7ccccc7c7ccccc76)cc5)c5cc(-c6c7ccccc7c(-c7ccc8ccccc8c7)c7ccccc67)ccc45)cc3)C2C=C1. The minimum Gasteiger partial charge on any atom is -0.333 e. The first-order valence-electron chi connectivity index (χ1n) is 26.6. The highest BCUT2D eigenvalue weighted by Gasteiger charge is 2.37. The Morgan fingerprint density at radius 2 is 0.697 bits per heavy atom. The fraction of sp³-hybridized carbons (Fsp3) is 0.0270. The van der Waals surface area contributed by atoms with Crippen molar-refractivity contribution in [3.8, 4) is 50.2 Å². The summed E-state index contributed by atoms with van der Waals surface area (Å²) in [6.45, 7) is 0. The van der Waals surface area contributed by atoms with Crippen molar-refractivity contribution in [3.05, 3.63) is 285 Å². The van der Waals surface area contributed by atoms with E-state index in [0.717, 1.165) is 5.69 Å². The molecule has 13 aromatic carbocycles. The maximum absolute atomic E-state index is 2.53. The lowest BCUT2D eigenvalue weighted by Crippen LogP contribution is -2.28. The topological polar surface area (TPSA) is 8.17 Å². The van der Waals surface area contributed by atoms with Crippen molar-refractivity contribution in [2.24, 2.45) is 0 Å². The second-order valence-corrected chi connectivity index (χ2v) is 20.6. The van der Waals surface area contributed by atoms with Gasteiger partial charge in [-0.3, -0.25) is 0 Å². The molecule has 354 valence electrons. The van der Waals surface area contributed by atoms with Crippen molar-refractivity contribution in [2.75, 3.05) is 4.90 Å². The molecular formula is C74H48N2. The minimum atomic E-state index is 0.239. The van der Waals surface area contributed by atoms with Crippen LogP contribution in [0.4, 0.5) is 11.4 Å². The van der Waals surface area contributed by atoms with Crippen LogP contribution in [-0.4, -0.2) is 10.6 Å². The van der Waals surface area contributed by atoms with Crippen LogP contribution in [0.2, 0.25) is 0 Å². The van der Waals surface area contributed by atoms with Crippen LogP contribution in [0.5, 0.6) is 0 Å². The molecule has 2 heteroatoms. The van der Waals surface area contributed by atoms with Gasteiger partial charge in [-0.25, -0.2) is 0 Å². The largest absolute Gasteiger partial charge is 0.333 e. The standard InChI is InChI=1S/C74H48N2/c1-2-18-50-45-51(34-33-47(50)17-1)73-61-25-5-7-27-63(61)74(64-28-8-6-26-62(64)73)52-39-44-65-66(46-52)72(49-37-42-54(43-38-49)76-69-31-15-11-21-57(69)58-22-12-16-32-70(58)76)60-24-4-3-23-59(60)71(65)48-35-40-53(41-36-48)75-67-29-13-9-19-55(67)56-20-10-14-30-68(56)75/h1-46,55,67H. The lowest BCUT2D eigenvalue weighted by molar-refractivity contribution is 0.745. The van der Waals surface area contributed by atoms with Crippen molar-refractivity contribution < 1.29 is 0 Å². The second kappa shape index (κ2) is 16.9. The lowest BCUT2D eigenvalue weighted by Gasteiger charge is -2.29. The predicted molar refractivity (Wildman–Crippen MR) is 323 cm³/mol. The Labute approximate surface area is 441 Å². The van der Waals surface area contributed by atoms with Crippen LogP contribution in [-0.2, 0) is 0 Å². The third kappa shape index (κ3) is 6.41. The van der Waals surface area contributed by atoms with E-state index in [0.29, 0.717) is 5.92 Å². The molecule has 0 bridgehead atoms. The number of rotatable bonds is 6.